The molecule has 140 valence electrons. The summed E-state index contributed by atoms with van der Waals surface area (Å²) in [6.45, 7) is 11.5. The Balaban J connectivity index is 1.93. The Kier molecular flexibility index (Phi) is 3.97. The third-order valence-electron chi connectivity index (χ3n) is 6.42. The highest BCUT2D eigenvalue weighted by Crippen LogP contribution is 2.57. The van der Waals surface area contributed by atoms with Crippen molar-refractivity contribution in [3.8, 4) is 11.5 Å². The van der Waals surface area contributed by atoms with E-state index in [1.54, 1.807) is 7.11 Å². The van der Waals surface area contributed by atoms with Gasteiger partial charge in [-0.1, -0.05) is 18.7 Å². The van der Waals surface area contributed by atoms with Gasteiger partial charge in [0.15, 0.2) is 11.5 Å². The van der Waals surface area contributed by atoms with E-state index in [-0.39, 0.29) is 11.5 Å². The normalized spacial score (nSPS) is 34.5. The number of rotatable bonds is 3. The van der Waals surface area contributed by atoms with Gasteiger partial charge in [0.05, 0.1) is 38.8 Å². The number of aryl methyl sites for hydroxylation is 1. The van der Waals surface area contributed by atoms with Gasteiger partial charge >= 0.3 is 0 Å². The molecule has 1 N–H and O–H groups in total. The lowest BCUT2D eigenvalue weighted by Crippen LogP contribution is -2.47. The summed E-state index contributed by atoms with van der Waals surface area (Å²) in [5.41, 5.74) is 5.00. The maximum Gasteiger partial charge on any atom is 0.166 e. The van der Waals surface area contributed by atoms with E-state index in [0.29, 0.717) is 6.42 Å². The van der Waals surface area contributed by atoms with Crippen LogP contribution in [0.25, 0.3) is 0 Å². The second-order valence-electron chi connectivity index (χ2n) is 8.75. The average molecular weight is 356 g/mol. The predicted octanol–water partition coefficient (Wildman–Crippen LogP) is 3.25. The summed E-state index contributed by atoms with van der Waals surface area (Å²) in [5.74, 6) is 1.70. The zero-order valence-corrected chi connectivity index (χ0v) is 16.3. The zero-order chi connectivity index (χ0) is 18.7. The SMILES string of the molecule is C=C(C)C[N+]1(C)CCC23C=C[C@@H](O)C[C@H]2Oc2c(OC)cc(C)c(c23)C1. The Bertz CT molecular complexity index is 799. The van der Waals surface area contributed by atoms with Gasteiger partial charge in [-0.3, -0.25) is 0 Å². The number of benzene rings is 1. The number of methoxy groups -OCH3 is 1. The molecule has 4 rings (SSSR count). The molecule has 0 bridgehead atoms. The van der Waals surface area contributed by atoms with Crippen molar-refractivity contribution in [3.05, 3.63) is 47.1 Å². The molecular weight excluding hydrogens is 326 g/mol. The van der Waals surface area contributed by atoms with E-state index in [9.17, 15) is 5.11 Å². The van der Waals surface area contributed by atoms with Crippen LogP contribution >= 0.6 is 0 Å². The Morgan fingerprint density at radius 2 is 2.27 bits per heavy atom. The molecule has 3 aliphatic rings. The van der Waals surface area contributed by atoms with Crippen molar-refractivity contribution in [2.75, 3.05) is 27.2 Å². The summed E-state index contributed by atoms with van der Waals surface area (Å²) in [7, 11) is 4.04. The van der Waals surface area contributed by atoms with Crippen molar-refractivity contribution in [3.63, 3.8) is 0 Å². The van der Waals surface area contributed by atoms with Crippen molar-refractivity contribution in [2.45, 2.75) is 50.9 Å². The molecule has 0 saturated heterocycles. The van der Waals surface area contributed by atoms with Crippen LogP contribution in [0.1, 0.15) is 36.5 Å². The quantitative estimate of drug-likeness (QED) is 0.667. The van der Waals surface area contributed by atoms with E-state index < -0.39 is 6.10 Å². The van der Waals surface area contributed by atoms with Gasteiger partial charge in [-0.25, -0.2) is 0 Å². The first kappa shape index (κ1) is 17.6. The maximum atomic E-state index is 10.2. The molecule has 0 radical (unpaired) electrons. The molecule has 1 aliphatic carbocycles. The van der Waals surface area contributed by atoms with Crippen LogP contribution in [-0.4, -0.2) is 49.0 Å². The highest BCUT2D eigenvalue weighted by Gasteiger charge is 2.55. The highest BCUT2D eigenvalue weighted by atomic mass is 16.5. The summed E-state index contributed by atoms with van der Waals surface area (Å²) in [4.78, 5) is 0. The lowest BCUT2D eigenvalue weighted by molar-refractivity contribution is -0.918. The number of likely N-dealkylation sites (N-methyl/N-ethyl adjacent to an activating group) is 1. The fourth-order valence-corrected chi connectivity index (χ4v) is 5.28. The minimum absolute atomic E-state index is 0.0247. The van der Waals surface area contributed by atoms with Gasteiger partial charge in [-0.15, -0.1) is 0 Å². The summed E-state index contributed by atoms with van der Waals surface area (Å²) in [5, 5.41) is 10.2. The second-order valence-corrected chi connectivity index (χ2v) is 8.75. The van der Waals surface area contributed by atoms with Crippen molar-refractivity contribution in [2.24, 2.45) is 0 Å². The third-order valence-corrected chi connectivity index (χ3v) is 6.42. The van der Waals surface area contributed by atoms with Crippen molar-refractivity contribution >= 4 is 0 Å². The lowest BCUT2D eigenvalue weighted by Gasteiger charge is -2.37. The average Bonchev–Trinajstić information content (AvgIpc) is 2.82. The molecule has 0 saturated carbocycles. The number of aliphatic hydroxyl groups is 1. The van der Waals surface area contributed by atoms with Gasteiger partial charge < -0.3 is 19.1 Å². The van der Waals surface area contributed by atoms with Gasteiger partial charge in [0.1, 0.15) is 12.6 Å². The highest BCUT2D eigenvalue weighted by molar-refractivity contribution is 5.63. The molecule has 4 nitrogen and oxygen atoms in total. The number of hydrogen-bond acceptors (Lipinski definition) is 3. The third kappa shape index (κ3) is 2.50. The maximum absolute atomic E-state index is 10.2. The van der Waals surface area contributed by atoms with Gasteiger partial charge in [0.2, 0.25) is 0 Å². The van der Waals surface area contributed by atoms with Crippen molar-refractivity contribution in [1.29, 1.82) is 0 Å². The van der Waals surface area contributed by atoms with E-state index in [2.05, 4.69) is 39.6 Å². The first-order valence-electron chi connectivity index (χ1n) is 9.51. The van der Waals surface area contributed by atoms with E-state index in [1.165, 1.54) is 22.3 Å². The fourth-order valence-electron chi connectivity index (χ4n) is 5.28. The van der Waals surface area contributed by atoms with Crippen molar-refractivity contribution in [1.82, 2.24) is 0 Å². The van der Waals surface area contributed by atoms with Crippen LogP contribution in [-0.2, 0) is 12.0 Å². The van der Waals surface area contributed by atoms with E-state index in [4.69, 9.17) is 9.47 Å². The largest absolute Gasteiger partial charge is 0.493 e. The standard InChI is InChI=1S/C22H30NO3/c1-14(2)12-23(4)9-8-22-7-6-16(24)11-19(22)26-21-18(25-5)10-15(3)17(13-23)20(21)22/h6-7,10,16,19,24H,1,8-9,11-13H2,2-5H3/q+1/t16-,19-,22?,23?/m1/s1. The number of hydrogen-bond donors (Lipinski definition) is 1. The molecule has 26 heavy (non-hydrogen) atoms. The molecule has 0 aromatic heterocycles. The molecule has 4 atom stereocenters. The van der Waals surface area contributed by atoms with Crippen LogP contribution in [0.2, 0.25) is 0 Å². The summed E-state index contributed by atoms with van der Waals surface area (Å²) >= 11 is 0. The van der Waals surface area contributed by atoms with Crippen LogP contribution in [0.5, 0.6) is 11.5 Å². The molecule has 2 unspecified atom stereocenters. The van der Waals surface area contributed by atoms with Crippen LogP contribution < -0.4 is 9.47 Å². The first-order chi connectivity index (χ1) is 12.3. The Labute approximate surface area is 156 Å². The Hall–Kier alpha value is -1.78. The fraction of sp³-hybridized carbons (Fsp3) is 0.545. The second kappa shape index (κ2) is 5.86. The number of quaternary nitrogens is 1. The lowest BCUT2D eigenvalue weighted by atomic mass is 9.68. The molecule has 2 heterocycles. The van der Waals surface area contributed by atoms with Crippen molar-refractivity contribution < 1.29 is 19.1 Å². The summed E-state index contributed by atoms with van der Waals surface area (Å²) in [6.07, 6.45) is 5.37. The zero-order valence-electron chi connectivity index (χ0n) is 16.3. The molecule has 2 aliphatic heterocycles. The Morgan fingerprint density at radius 1 is 1.50 bits per heavy atom. The number of nitrogens with zero attached hydrogens (tertiary/aromatic N) is 1. The van der Waals surface area contributed by atoms with Crippen LogP contribution in [0.4, 0.5) is 0 Å². The minimum atomic E-state index is -0.435. The van der Waals surface area contributed by atoms with E-state index in [0.717, 1.165) is 42.0 Å². The molecule has 4 heteroatoms. The van der Waals surface area contributed by atoms with Gasteiger partial charge in [0, 0.05) is 24.0 Å². The van der Waals surface area contributed by atoms with Gasteiger partial charge in [-0.2, -0.15) is 0 Å². The predicted molar refractivity (Wildman–Crippen MR) is 103 cm³/mol. The molecular formula is C22H30NO3+. The number of ether oxygens (including phenoxy) is 2. The minimum Gasteiger partial charge on any atom is -0.493 e. The first-order valence-corrected chi connectivity index (χ1v) is 9.51. The van der Waals surface area contributed by atoms with Crippen LogP contribution in [0.3, 0.4) is 0 Å². The summed E-state index contributed by atoms with van der Waals surface area (Å²) < 4.78 is 13.0. The number of aliphatic hydroxyl groups excluding tert-OH is 1. The van der Waals surface area contributed by atoms with E-state index >= 15 is 0 Å². The smallest absolute Gasteiger partial charge is 0.166 e. The molecule has 1 aromatic carbocycles. The van der Waals surface area contributed by atoms with E-state index in [1.807, 2.05) is 6.08 Å². The van der Waals surface area contributed by atoms with Gasteiger partial charge in [0.25, 0.3) is 0 Å². The van der Waals surface area contributed by atoms with Gasteiger partial charge in [-0.05, 0) is 31.1 Å². The van der Waals surface area contributed by atoms with Crippen LogP contribution in [0.15, 0.2) is 30.4 Å². The molecule has 1 aromatic rings. The molecule has 0 fully saturated rings. The molecule has 1 spiro atoms. The molecule has 0 amide bonds. The van der Waals surface area contributed by atoms with Crippen LogP contribution in [0, 0.1) is 6.92 Å². The summed E-state index contributed by atoms with van der Waals surface area (Å²) in [6, 6.07) is 2.11. The monoisotopic (exact) mass is 356 g/mol. The topological polar surface area (TPSA) is 38.7 Å². The Morgan fingerprint density at radius 3 is 2.96 bits per heavy atom.